The fraction of sp³-hybridized carbons (Fsp3) is 0.130. The Bertz CT molecular complexity index is 1080. The molecule has 7 nitrogen and oxygen atoms in total. The van der Waals surface area contributed by atoms with Crippen LogP contribution in [0.2, 0.25) is 0 Å². The minimum atomic E-state index is -0.909. The normalized spacial score (nSPS) is 17.1. The minimum Gasteiger partial charge on any atom is -0.481 e. The minimum absolute atomic E-state index is 0.117. The molecule has 1 fully saturated rings. The van der Waals surface area contributed by atoms with Crippen LogP contribution in [0.5, 0.6) is 0 Å². The molecule has 3 N–H and O–H groups in total. The molecule has 0 aliphatic heterocycles. The molecule has 3 aromatic rings. The van der Waals surface area contributed by atoms with Gasteiger partial charge in [-0.15, -0.1) is 0 Å². The second-order valence-electron chi connectivity index (χ2n) is 7.13. The first kappa shape index (κ1) is 19.3. The van der Waals surface area contributed by atoms with Gasteiger partial charge in [-0.1, -0.05) is 36.4 Å². The fourth-order valence-corrected chi connectivity index (χ4v) is 3.27. The van der Waals surface area contributed by atoms with Gasteiger partial charge in [-0.25, -0.2) is 4.79 Å². The van der Waals surface area contributed by atoms with E-state index in [-0.39, 0.29) is 11.8 Å². The highest BCUT2D eigenvalue weighted by Gasteiger charge is 2.48. The number of carbonyl (C=O) groups excluding carboxylic acids is 2. The Hall–Kier alpha value is -4.00. The van der Waals surface area contributed by atoms with Crippen molar-refractivity contribution in [1.29, 1.82) is 0 Å². The Kier molecular flexibility index (Phi) is 5.26. The lowest BCUT2D eigenvalue weighted by Crippen LogP contribution is -2.19. The summed E-state index contributed by atoms with van der Waals surface area (Å²) in [6.07, 6.45) is 3.60. The molecule has 2 aromatic carbocycles. The number of carboxylic acids is 1. The second-order valence-corrected chi connectivity index (χ2v) is 7.13. The number of aliphatic carboxylic acids is 1. The smallest absolute Gasteiger partial charge is 0.323 e. The number of rotatable bonds is 6. The molecule has 4 rings (SSSR count). The SMILES string of the molecule is O=C(Nc1ccc(-c2ccc(C(=O)C3CC3C(=O)O)cc2)cc1)Nc1cccnc1. The molecule has 0 spiro atoms. The van der Waals surface area contributed by atoms with Crippen LogP contribution in [0.1, 0.15) is 16.8 Å². The molecule has 1 aliphatic rings. The zero-order valence-electron chi connectivity index (χ0n) is 15.9. The zero-order chi connectivity index (χ0) is 21.1. The van der Waals surface area contributed by atoms with Crippen LogP contribution in [0.3, 0.4) is 0 Å². The third kappa shape index (κ3) is 4.35. The summed E-state index contributed by atoms with van der Waals surface area (Å²) in [5, 5.41) is 14.4. The summed E-state index contributed by atoms with van der Waals surface area (Å²) < 4.78 is 0. The monoisotopic (exact) mass is 401 g/mol. The summed E-state index contributed by atoms with van der Waals surface area (Å²) >= 11 is 0. The van der Waals surface area contributed by atoms with Crippen LogP contribution in [-0.4, -0.2) is 27.9 Å². The summed E-state index contributed by atoms with van der Waals surface area (Å²) in [7, 11) is 0. The largest absolute Gasteiger partial charge is 0.481 e. The van der Waals surface area contributed by atoms with Gasteiger partial charge < -0.3 is 15.7 Å². The zero-order valence-corrected chi connectivity index (χ0v) is 15.9. The lowest BCUT2D eigenvalue weighted by Gasteiger charge is -2.09. The summed E-state index contributed by atoms with van der Waals surface area (Å²) in [5.41, 5.74) is 3.62. The quantitative estimate of drug-likeness (QED) is 0.534. The maximum absolute atomic E-state index is 12.3. The van der Waals surface area contributed by atoms with Gasteiger partial charge in [0.05, 0.1) is 17.8 Å². The van der Waals surface area contributed by atoms with E-state index < -0.39 is 17.8 Å². The number of carboxylic acid groups (broad SMARTS) is 1. The van der Waals surface area contributed by atoms with Crippen LogP contribution >= 0.6 is 0 Å². The number of pyridine rings is 1. The number of Topliss-reactive ketones (excluding diaryl/α,β-unsaturated/α-hetero) is 1. The first-order valence-electron chi connectivity index (χ1n) is 9.47. The van der Waals surface area contributed by atoms with Gasteiger partial charge in [0.2, 0.25) is 0 Å². The summed E-state index contributed by atoms with van der Waals surface area (Å²) in [6, 6.07) is 17.6. The van der Waals surface area contributed by atoms with Crippen LogP contribution in [0.15, 0.2) is 73.1 Å². The van der Waals surface area contributed by atoms with Crippen LogP contribution in [0, 0.1) is 11.8 Å². The molecule has 1 aromatic heterocycles. The van der Waals surface area contributed by atoms with Gasteiger partial charge in [0.1, 0.15) is 0 Å². The number of ketones is 1. The molecule has 1 saturated carbocycles. The van der Waals surface area contributed by atoms with Crippen LogP contribution in [-0.2, 0) is 4.79 Å². The Morgan fingerprint density at radius 3 is 2.03 bits per heavy atom. The molecule has 150 valence electrons. The predicted octanol–water partition coefficient (Wildman–Crippen LogP) is 4.30. The molecule has 2 unspecified atom stereocenters. The van der Waals surface area contributed by atoms with E-state index in [0.717, 1.165) is 11.1 Å². The molecule has 0 radical (unpaired) electrons. The Labute approximate surface area is 172 Å². The average molecular weight is 401 g/mol. The molecule has 0 saturated heterocycles. The number of aromatic nitrogens is 1. The van der Waals surface area contributed by atoms with E-state index in [1.54, 1.807) is 48.8 Å². The Balaban J connectivity index is 1.37. The second kappa shape index (κ2) is 8.16. The van der Waals surface area contributed by atoms with E-state index in [4.69, 9.17) is 5.11 Å². The maximum atomic E-state index is 12.3. The van der Waals surface area contributed by atoms with Crippen molar-refractivity contribution in [3.63, 3.8) is 0 Å². The van der Waals surface area contributed by atoms with Crippen molar-refractivity contribution in [3.8, 4) is 11.1 Å². The van der Waals surface area contributed by atoms with Crippen molar-refractivity contribution in [1.82, 2.24) is 4.98 Å². The predicted molar refractivity (Wildman–Crippen MR) is 112 cm³/mol. The number of anilines is 2. The molecular formula is C23H19N3O4. The van der Waals surface area contributed by atoms with Crippen LogP contribution in [0.25, 0.3) is 11.1 Å². The summed E-state index contributed by atoms with van der Waals surface area (Å²) in [4.78, 5) is 39.3. The number of benzene rings is 2. The van der Waals surface area contributed by atoms with Crippen molar-refractivity contribution in [3.05, 3.63) is 78.6 Å². The van der Waals surface area contributed by atoms with Crippen LogP contribution in [0.4, 0.5) is 16.2 Å². The van der Waals surface area contributed by atoms with Crippen molar-refractivity contribution < 1.29 is 19.5 Å². The van der Waals surface area contributed by atoms with E-state index in [9.17, 15) is 14.4 Å². The van der Waals surface area contributed by atoms with Crippen molar-refractivity contribution in [2.24, 2.45) is 11.8 Å². The number of carbonyl (C=O) groups is 3. The van der Waals surface area contributed by atoms with Crippen LogP contribution < -0.4 is 10.6 Å². The van der Waals surface area contributed by atoms with Gasteiger partial charge in [0, 0.05) is 23.4 Å². The van der Waals surface area contributed by atoms with E-state index in [0.29, 0.717) is 23.4 Å². The molecule has 2 atom stereocenters. The van der Waals surface area contributed by atoms with Gasteiger partial charge in [-0.05, 0) is 41.8 Å². The lowest BCUT2D eigenvalue weighted by atomic mass is 10.0. The molecular weight excluding hydrogens is 382 g/mol. The number of hydrogen-bond acceptors (Lipinski definition) is 4. The van der Waals surface area contributed by atoms with E-state index in [2.05, 4.69) is 15.6 Å². The van der Waals surface area contributed by atoms with E-state index in [1.165, 1.54) is 0 Å². The van der Waals surface area contributed by atoms with E-state index in [1.807, 2.05) is 24.3 Å². The van der Waals surface area contributed by atoms with Gasteiger partial charge in [0.15, 0.2) is 5.78 Å². The first-order valence-corrected chi connectivity index (χ1v) is 9.47. The van der Waals surface area contributed by atoms with E-state index >= 15 is 0 Å². The van der Waals surface area contributed by atoms with Crippen molar-refractivity contribution >= 4 is 29.2 Å². The van der Waals surface area contributed by atoms with Gasteiger partial charge >= 0.3 is 12.0 Å². The molecule has 2 amide bonds. The number of urea groups is 1. The number of nitrogens with one attached hydrogen (secondary N) is 2. The first-order chi connectivity index (χ1) is 14.5. The number of nitrogens with zero attached hydrogens (tertiary/aromatic N) is 1. The molecule has 1 heterocycles. The average Bonchev–Trinajstić information content (AvgIpc) is 3.56. The third-order valence-corrected chi connectivity index (χ3v) is 5.01. The Morgan fingerprint density at radius 2 is 1.47 bits per heavy atom. The fourth-order valence-electron chi connectivity index (χ4n) is 3.27. The van der Waals surface area contributed by atoms with Gasteiger partial charge in [-0.2, -0.15) is 0 Å². The number of amides is 2. The molecule has 0 bridgehead atoms. The summed E-state index contributed by atoms with van der Waals surface area (Å²) in [5.74, 6) is -1.98. The number of hydrogen-bond donors (Lipinski definition) is 3. The standard InChI is InChI=1S/C23H19N3O4/c27-21(19-12-20(19)22(28)29)16-5-3-14(4-6-16)15-7-9-17(10-8-15)25-23(30)26-18-2-1-11-24-13-18/h1-11,13,19-20H,12H2,(H,28,29)(H2,25,26,30). The highest BCUT2D eigenvalue weighted by molar-refractivity contribution is 6.03. The third-order valence-electron chi connectivity index (χ3n) is 5.01. The highest BCUT2D eigenvalue weighted by Crippen LogP contribution is 2.41. The van der Waals surface area contributed by atoms with Gasteiger partial charge in [-0.3, -0.25) is 14.6 Å². The van der Waals surface area contributed by atoms with Crippen molar-refractivity contribution in [2.75, 3.05) is 10.6 Å². The topological polar surface area (TPSA) is 108 Å². The van der Waals surface area contributed by atoms with Gasteiger partial charge in [0.25, 0.3) is 0 Å². The lowest BCUT2D eigenvalue weighted by molar-refractivity contribution is -0.138. The Morgan fingerprint density at radius 1 is 0.833 bits per heavy atom. The highest BCUT2D eigenvalue weighted by atomic mass is 16.4. The maximum Gasteiger partial charge on any atom is 0.323 e. The molecule has 7 heteroatoms. The summed E-state index contributed by atoms with van der Waals surface area (Å²) in [6.45, 7) is 0. The van der Waals surface area contributed by atoms with Crippen molar-refractivity contribution in [2.45, 2.75) is 6.42 Å². The molecule has 1 aliphatic carbocycles. The molecule has 30 heavy (non-hydrogen) atoms.